The molecule has 4 atom stereocenters. The molecule has 0 aliphatic carbocycles. The first-order chi connectivity index (χ1) is 24.1. The lowest BCUT2D eigenvalue weighted by Gasteiger charge is -2.41. The molecule has 2 heterocycles. The third-order valence-electron chi connectivity index (χ3n) is 10.5. The summed E-state index contributed by atoms with van der Waals surface area (Å²) in [7, 11) is 1.76. The number of hydrogen-bond donors (Lipinski definition) is 2. The predicted octanol–water partition coefficient (Wildman–Crippen LogP) is 6.18. The van der Waals surface area contributed by atoms with Gasteiger partial charge in [0.05, 0.1) is 12.1 Å². The van der Waals surface area contributed by atoms with Crippen molar-refractivity contribution in [1.29, 1.82) is 0 Å². The molecular weight excluding hydrogens is 638 g/mol. The Balaban J connectivity index is 1.44. The summed E-state index contributed by atoms with van der Waals surface area (Å²) in [4.78, 5) is 60.8. The highest BCUT2D eigenvalue weighted by Gasteiger charge is 2.40. The minimum absolute atomic E-state index is 0.00267. The Labute approximate surface area is 306 Å². The molecule has 2 aliphatic heterocycles. The van der Waals surface area contributed by atoms with E-state index >= 15 is 0 Å². The van der Waals surface area contributed by atoms with Gasteiger partial charge in [0, 0.05) is 31.8 Å². The van der Waals surface area contributed by atoms with Crippen LogP contribution in [0.5, 0.6) is 0 Å². The van der Waals surface area contributed by atoms with E-state index in [1.54, 1.807) is 23.8 Å². The molecule has 0 aromatic heterocycles. The largest absolute Gasteiger partial charge is 0.350 e. The number of amides is 4. The first kappa shape index (κ1) is 39.8. The van der Waals surface area contributed by atoms with Gasteiger partial charge in [-0.1, -0.05) is 95.6 Å². The highest BCUT2D eigenvalue weighted by molar-refractivity contribution is 5.97. The second-order valence-corrected chi connectivity index (χ2v) is 16.1. The van der Waals surface area contributed by atoms with Crippen molar-refractivity contribution in [2.24, 2.45) is 11.3 Å². The van der Waals surface area contributed by atoms with E-state index in [0.29, 0.717) is 25.1 Å². The van der Waals surface area contributed by atoms with E-state index in [9.17, 15) is 19.2 Å². The molecule has 9 heteroatoms. The fourth-order valence-electron chi connectivity index (χ4n) is 7.48. The second-order valence-electron chi connectivity index (χ2n) is 16.1. The molecule has 4 rings (SSSR count). The van der Waals surface area contributed by atoms with Gasteiger partial charge in [-0.3, -0.25) is 24.1 Å². The van der Waals surface area contributed by atoms with Crippen molar-refractivity contribution in [2.45, 2.75) is 124 Å². The number of nitrogens with zero attached hydrogens (tertiary/aromatic N) is 3. The van der Waals surface area contributed by atoms with Gasteiger partial charge in [-0.25, -0.2) is 0 Å². The van der Waals surface area contributed by atoms with Gasteiger partial charge in [-0.05, 0) is 87.1 Å². The SMILES string of the molecule is CC(=C[C@H](C(C)C)N(C)C(=O)[C@@H](NC(=O)C1CCCCN1C(C)C)C(C)(C)C)C(=O)N1CCC[C@H]1C(=O)NCc1cccc(-c2ccccc2)c1. The molecule has 0 spiro atoms. The van der Waals surface area contributed by atoms with Gasteiger partial charge >= 0.3 is 0 Å². The topological polar surface area (TPSA) is 102 Å². The van der Waals surface area contributed by atoms with Gasteiger partial charge in [0.1, 0.15) is 12.1 Å². The number of likely N-dealkylation sites (tertiary alicyclic amines) is 2. The Morgan fingerprint density at radius 3 is 2.18 bits per heavy atom. The van der Waals surface area contributed by atoms with Crippen LogP contribution in [0.3, 0.4) is 0 Å². The van der Waals surface area contributed by atoms with Crippen molar-refractivity contribution in [3.05, 3.63) is 71.8 Å². The first-order valence-electron chi connectivity index (χ1n) is 18.8. The predicted molar refractivity (Wildman–Crippen MR) is 204 cm³/mol. The molecule has 0 saturated carbocycles. The minimum Gasteiger partial charge on any atom is -0.350 e. The molecule has 51 heavy (non-hydrogen) atoms. The number of carbonyl (C=O) groups is 4. The van der Waals surface area contributed by atoms with Gasteiger partial charge in [0.15, 0.2) is 0 Å². The first-order valence-corrected chi connectivity index (χ1v) is 18.8. The molecule has 0 bridgehead atoms. The Morgan fingerprint density at radius 2 is 1.53 bits per heavy atom. The molecule has 9 nitrogen and oxygen atoms in total. The lowest BCUT2D eigenvalue weighted by molar-refractivity contribution is -0.142. The maximum atomic E-state index is 14.2. The Morgan fingerprint density at radius 1 is 0.863 bits per heavy atom. The maximum Gasteiger partial charge on any atom is 0.249 e. The van der Waals surface area contributed by atoms with Crippen LogP contribution in [-0.2, 0) is 25.7 Å². The van der Waals surface area contributed by atoms with E-state index < -0.39 is 23.5 Å². The summed E-state index contributed by atoms with van der Waals surface area (Å²) >= 11 is 0. The van der Waals surface area contributed by atoms with Crippen LogP contribution >= 0.6 is 0 Å². The lowest BCUT2D eigenvalue weighted by atomic mass is 9.84. The normalized spacial score (nSPS) is 19.9. The molecule has 2 aromatic carbocycles. The molecule has 2 saturated heterocycles. The number of hydrogen-bond acceptors (Lipinski definition) is 5. The summed E-state index contributed by atoms with van der Waals surface area (Å²) in [6.07, 6.45) is 6.04. The fourth-order valence-corrected chi connectivity index (χ4v) is 7.48. The average molecular weight is 700 g/mol. The number of piperidine rings is 1. The lowest BCUT2D eigenvalue weighted by Crippen LogP contribution is -2.60. The average Bonchev–Trinajstić information content (AvgIpc) is 3.61. The van der Waals surface area contributed by atoms with Gasteiger partial charge in [-0.2, -0.15) is 0 Å². The van der Waals surface area contributed by atoms with Crippen LogP contribution in [0.1, 0.15) is 93.1 Å². The second kappa shape index (κ2) is 17.5. The molecule has 1 unspecified atom stereocenters. The van der Waals surface area contributed by atoms with Crippen molar-refractivity contribution < 1.29 is 19.2 Å². The third-order valence-corrected chi connectivity index (χ3v) is 10.5. The summed E-state index contributed by atoms with van der Waals surface area (Å²) in [5, 5.41) is 6.22. The Hall–Kier alpha value is -3.98. The molecule has 278 valence electrons. The van der Waals surface area contributed by atoms with Crippen LogP contribution in [0, 0.1) is 11.3 Å². The van der Waals surface area contributed by atoms with E-state index in [0.717, 1.165) is 48.9 Å². The van der Waals surface area contributed by atoms with Crippen molar-refractivity contribution >= 4 is 23.6 Å². The van der Waals surface area contributed by atoms with Crippen LogP contribution in [0.4, 0.5) is 0 Å². The zero-order valence-corrected chi connectivity index (χ0v) is 32.4. The monoisotopic (exact) mass is 699 g/mol. The van der Waals surface area contributed by atoms with E-state index in [1.807, 2.05) is 71.0 Å². The number of carbonyl (C=O) groups excluding carboxylic acids is 4. The van der Waals surface area contributed by atoms with E-state index in [1.165, 1.54) is 0 Å². The standard InChI is InChI=1S/C42H61N5O4/c1-28(2)36(45(9)41(51)37(42(6,7)8)44-39(49)35-21-13-14-23-46(35)29(3)4)25-30(5)40(50)47-24-16-22-34(47)38(48)43-27-31-17-15-20-33(26-31)32-18-11-10-12-19-32/h10-12,15,17-20,25-26,28-29,34-37H,13-14,16,21-24,27H2,1-9H3,(H,43,48)(H,44,49)/t34-,35?,36+,37+/m0/s1. The van der Waals surface area contributed by atoms with Crippen molar-refractivity contribution in [1.82, 2.24) is 25.3 Å². The zero-order valence-electron chi connectivity index (χ0n) is 32.4. The summed E-state index contributed by atoms with van der Waals surface area (Å²) in [6.45, 7) is 17.7. The molecule has 2 N–H and O–H groups in total. The highest BCUT2D eigenvalue weighted by Crippen LogP contribution is 2.27. The van der Waals surface area contributed by atoms with Crippen LogP contribution < -0.4 is 10.6 Å². The summed E-state index contributed by atoms with van der Waals surface area (Å²) in [6, 6.07) is 16.5. The van der Waals surface area contributed by atoms with Crippen molar-refractivity contribution in [2.75, 3.05) is 20.1 Å². The number of likely N-dealkylation sites (N-methyl/N-ethyl adjacent to an activating group) is 1. The van der Waals surface area contributed by atoms with Crippen molar-refractivity contribution in [3.8, 4) is 11.1 Å². The van der Waals surface area contributed by atoms with Crippen LogP contribution in [-0.4, -0.2) is 88.7 Å². The summed E-state index contributed by atoms with van der Waals surface area (Å²) < 4.78 is 0. The Kier molecular flexibility index (Phi) is 13.7. The smallest absolute Gasteiger partial charge is 0.249 e. The van der Waals surface area contributed by atoms with Gasteiger partial charge in [0.25, 0.3) is 0 Å². The van der Waals surface area contributed by atoms with Gasteiger partial charge in [0.2, 0.25) is 23.6 Å². The van der Waals surface area contributed by atoms with E-state index in [-0.39, 0.29) is 41.6 Å². The van der Waals surface area contributed by atoms with Crippen LogP contribution in [0.15, 0.2) is 66.2 Å². The molecular formula is C42H61N5O4. The quantitative estimate of drug-likeness (QED) is 0.258. The van der Waals surface area contributed by atoms with Crippen molar-refractivity contribution in [3.63, 3.8) is 0 Å². The van der Waals surface area contributed by atoms with Crippen LogP contribution in [0.25, 0.3) is 11.1 Å². The molecule has 4 amide bonds. The third kappa shape index (κ3) is 10.1. The number of benzene rings is 2. The number of rotatable bonds is 12. The summed E-state index contributed by atoms with van der Waals surface area (Å²) in [5.74, 6) is -0.652. The fraction of sp³-hybridized carbons (Fsp3) is 0.571. The van der Waals surface area contributed by atoms with E-state index in [2.05, 4.69) is 53.6 Å². The zero-order chi connectivity index (χ0) is 37.5. The molecule has 2 aromatic rings. The van der Waals surface area contributed by atoms with Gasteiger partial charge in [-0.15, -0.1) is 0 Å². The maximum absolute atomic E-state index is 14.2. The molecule has 2 fully saturated rings. The molecule has 2 aliphatic rings. The van der Waals surface area contributed by atoms with Crippen LogP contribution in [0.2, 0.25) is 0 Å². The summed E-state index contributed by atoms with van der Waals surface area (Å²) in [5.41, 5.74) is 3.15. The minimum atomic E-state index is -0.739. The highest BCUT2D eigenvalue weighted by atomic mass is 16.2. The Bertz CT molecular complexity index is 1550. The number of nitrogens with one attached hydrogen (secondary N) is 2. The van der Waals surface area contributed by atoms with E-state index in [4.69, 9.17) is 0 Å². The van der Waals surface area contributed by atoms with Gasteiger partial charge < -0.3 is 20.4 Å². The molecule has 0 radical (unpaired) electrons.